The predicted octanol–water partition coefficient (Wildman–Crippen LogP) is 1.76. The molecule has 7 nitrogen and oxygen atoms in total. The zero-order valence-electron chi connectivity index (χ0n) is 14.7. The first kappa shape index (κ1) is 16.7. The fourth-order valence-corrected chi connectivity index (χ4v) is 3.31. The summed E-state index contributed by atoms with van der Waals surface area (Å²) in [6.07, 6.45) is 11.6. The van der Waals surface area contributed by atoms with Crippen molar-refractivity contribution in [1.82, 2.24) is 24.3 Å². The molecule has 1 saturated heterocycles. The average molecular weight is 351 g/mol. The number of rotatable bonds is 3. The van der Waals surface area contributed by atoms with Crippen LogP contribution < -0.4 is 0 Å². The second-order valence-corrected chi connectivity index (χ2v) is 6.72. The molecule has 4 heterocycles. The van der Waals surface area contributed by atoms with E-state index in [1.807, 2.05) is 34.7 Å². The van der Waals surface area contributed by atoms with Crippen LogP contribution >= 0.6 is 0 Å². The molecule has 0 aromatic carbocycles. The zero-order valence-corrected chi connectivity index (χ0v) is 14.7. The number of amides is 1. The fraction of sp³-hybridized carbons (Fsp3) is 0.368. The van der Waals surface area contributed by atoms with Crippen molar-refractivity contribution < 1.29 is 9.53 Å². The van der Waals surface area contributed by atoms with Crippen LogP contribution in [0.25, 0.3) is 5.65 Å². The molecular formula is C19H21N5O2. The summed E-state index contributed by atoms with van der Waals surface area (Å²) in [7, 11) is 0. The molecule has 3 aromatic heterocycles. The van der Waals surface area contributed by atoms with Crippen molar-refractivity contribution in [1.29, 1.82) is 0 Å². The minimum absolute atomic E-state index is 0.00900. The molecule has 7 heteroatoms. The summed E-state index contributed by atoms with van der Waals surface area (Å²) >= 11 is 0. The van der Waals surface area contributed by atoms with Crippen LogP contribution in [0.3, 0.4) is 0 Å². The lowest BCUT2D eigenvalue weighted by molar-refractivity contribution is 0.0736. The molecule has 3 aromatic rings. The van der Waals surface area contributed by atoms with Gasteiger partial charge in [0.15, 0.2) is 5.65 Å². The van der Waals surface area contributed by atoms with Crippen LogP contribution in [0.5, 0.6) is 0 Å². The van der Waals surface area contributed by atoms with Gasteiger partial charge in [0.25, 0.3) is 5.91 Å². The molecule has 134 valence electrons. The summed E-state index contributed by atoms with van der Waals surface area (Å²) < 4.78 is 7.69. The molecule has 0 spiro atoms. The van der Waals surface area contributed by atoms with Crippen LogP contribution in [0.15, 0.2) is 43.2 Å². The minimum Gasteiger partial charge on any atom is -0.379 e. The molecule has 26 heavy (non-hydrogen) atoms. The number of imidazole rings is 1. The van der Waals surface area contributed by atoms with Gasteiger partial charge in [0.1, 0.15) is 0 Å². The molecule has 1 aliphatic heterocycles. The Bertz CT molecular complexity index is 923. The van der Waals surface area contributed by atoms with Crippen molar-refractivity contribution in [2.45, 2.75) is 13.3 Å². The predicted molar refractivity (Wildman–Crippen MR) is 95.9 cm³/mol. The quantitative estimate of drug-likeness (QED) is 0.719. The number of hydrogen-bond donors (Lipinski definition) is 0. The van der Waals surface area contributed by atoms with E-state index in [-0.39, 0.29) is 11.8 Å². The molecular weight excluding hydrogens is 330 g/mol. The van der Waals surface area contributed by atoms with Crippen molar-refractivity contribution >= 4 is 11.6 Å². The van der Waals surface area contributed by atoms with Gasteiger partial charge in [0.2, 0.25) is 0 Å². The SMILES string of the molecule is Cc1cncc(C(=O)N2CCOC[C@H](Cc3cn4ccnc4cn3)C2)c1. The Balaban J connectivity index is 1.49. The van der Waals surface area contributed by atoms with Gasteiger partial charge in [0.05, 0.1) is 30.7 Å². The minimum atomic E-state index is 0.00900. The van der Waals surface area contributed by atoms with Crippen molar-refractivity contribution in [2.24, 2.45) is 5.92 Å². The van der Waals surface area contributed by atoms with Gasteiger partial charge >= 0.3 is 0 Å². The zero-order chi connectivity index (χ0) is 17.9. The second-order valence-electron chi connectivity index (χ2n) is 6.72. The molecule has 1 atom stereocenters. The van der Waals surface area contributed by atoms with E-state index in [4.69, 9.17) is 4.74 Å². The lowest BCUT2D eigenvalue weighted by atomic mass is 10.0. The Morgan fingerprint density at radius 1 is 1.31 bits per heavy atom. The maximum atomic E-state index is 12.8. The number of fused-ring (bicyclic) bond motifs is 1. The number of nitrogens with zero attached hydrogens (tertiary/aromatic N) is 5. The first-order valence-corrected chi connectivity index (χ1v) is 8.75. The van der Waals surface area contributed by atoms with E-state index >= 15 is 0 Å². The van der Waals surface area contributed by atoms with E-state index in [0.29, 0.717) is 31.9 Å². The maximum absolute atomic E-state index is 12.8. The van der Waals surface area contributed by atoms with Gasteiger partial charge in [-0.15, -0.1) is 0 Å². The monoisotopic (exact) mass is 351 g/mol. The van der Waals surface area contributed by atoms with E-state index in [9.17, 15) is 4.79 Å². The van der Waals surface area contributed by atoms with Gasteiger partial charge in [-0.3, -0.25) is 14.8 Å². The van der Waals surface area contributed by atoms with Gasteiger partial charge in [-0.05, 0) is 25.0 Å². The number of pyridine rings is 1. The number of aromatic nitrogens is 4. The van der Waals surface area contributed by atoms with Crippen LogP contribution in [0, 0.1) is 12.8 Å². The normalized spacial score (nSPS) is 18.0. The number of ether oxygens (including phenoxy) is 1. The average Bonchev–Trinajstić information content (AvgIpc) is 2.99. The van der Waals surface area contributed by atoms with Crippen LogP contribution in [0.2, 0.25) is 0 Å². The van der Waals surface area contributed by atoms with Gasteiger partial charge in [-0.2, -0.15) is 0 Å². The summed E-state index contributed by atoms with van der Waals surface area (Å²) in [5.74, 6) is 0.211. The summed E-state index contributed by atoms with van der Waals surface area (Å²) in [5.41, 5.74) is 3.41. The first-order valence-electron chi connectivity index (χ1n) is 8.75. The smallest absolute Gasteiger partial charge is 0.255 e. The molecule has 4 rings (SSSR count). The molecule has 0 unspecified atom stereocenters. The van der Waals surface area contributed by atoms with Crippen molar-refractivity contribution in [3.8, 4) is 0 Å². The summed E-state index contributed by atoms with van der Waals surface area (Å²) in [6.45, 7) is 4.36. The standard InChI is InChI=1S/C19H21N5O2/c1-14-6-16(9-20-8-14)19(25)24-4-5-26-13-15(11-24)7-17-12-23-3-2-21-18(23)10-22-17/h2-3,6,8-10,12,15H,4-5,7,11,13H2,1H3/t15-/m1/s1. The van der Waals surface area contributed by atoms with Crippen molar-refractivity contribution in [3.05, 3.63) is 60.1 Å². The molecule has 0 aliphatic carbocycles. The van der Waals surface area contributed by atoms with E-state index in [2.05, 4.69) is 15.0 Å². The summed E-state index contributed by atoms with van der Waals surface area (Å²) in [6, 6.07) is 1.88. The molecule has 0 N–H and O–H groups in total. The fourth-order valence-electron chi connectivity index (χ4n) is 3.31. The maximum Gasteiger partial charge on any atom is 0.255 e. The van der Waals surface area contributed by atoms with E-state index in [1.165, 1.54) is 0 Å². The Kier molecular flexibility index (Phi) is 4.62. The van der Waals surface area contributed by atoms with E-state index in [0.717, 1.165) is 23.3 Å². The molecule has 0 radical (unpaired) electrons. The van der Waals surface area contributed by atoms with Gasteiger partial charge in [-0.1, -0.05) is 0 Å². The topological polar surface area (TPSA) is 72.6 Å². The number of hydrogen-bond acceptors (Lipinski definition) is 5. The van der Waals surface area contributed by atoms with Crippen molar-refractivity contribution in [3.63, 3.8) is 0 Å². The third-order valence-corrected chi connectivity index (χ3v) is 4.58. The van der Waals surface area contributed by atoms with Crippen LogP contribution in [0.1, 0.15) is 21.6 Å². The Hall–Kier alpha value is -2.80. The van der Waals surface area contributed by atoms with Crippen LogP contribution in [-0.2, 0) is 11.2 Å². The van der Waals surface area contributed by atoms with E-state index < -0.39 is 0 Å². The number of carbonyl (C=O) groups excluding carboxylic acids is 1. The van der Waals surface area contributed by atoms with Crippen LogP contribution in [-0.4, -0.2) is 56.5 Å². The van der Waals surface area contributed by atoms with Gasteiger partial charge < -0.3 is 14.0 Å². The van der Waals surface area contributed by atoms with Gasteiger partial charge in [-0.25, -0.2) is 4.98 Å². The molecule has 0 bridgehead atoms. The largest absolute Gasteiger partial charge is 0.379 e. The lowest BCUT2D eigenvalue weighted by Crippen LogP contribution is -2.36. The Morgan fingerprint density at radius 2 is 2.23 bits per heavy atom. The third-order valence-electron chi connectivity index (χ3n) is 4.58. The van der Waals surface area contributed by atoms with Crippen molar-refractivity contribution in [2.75, 3.05) is 26.3 Å². The highest BCUT2D eigenvalue weighted by molar-refractivity contribution is 5.94. The molecule has 0 saturated carbocycles. The highest BCUT2D eigenvalue weighted by Crippen LogP contribution is 2.16. The molecule has 1 aliphatic rings. The van der Waals surface area contributed by atoms with Crippen LogP contribution in [0.4, 0.5) is 0 Å². The lowest BCUT2D eigenvalue weighted by Gasteiger charge is -2.23. The summed E-state index contributed by atoms with van der Waals surface area (Å²) in [5, 5.41) is 0. The highest BCUT2D eigenvalue weighted by Gasteiger charge is 2.24. The second kappa shape index (κ2) is 7.21. The molecule has 1 fully saturated rings. The molecule has 1 amide bonds. The Labute approximate surface area is 151 Å². The third kappa shape index (κ3) is 3.57. The highest BCUT2D eigenvalue weighted by atomic mass is 16.5. The first-order chi connectivity index (χ1) is 12.7. The summed E-state index contributed by atoms with van der Waals surface area (Å²) in [4.78, 5) is 27.6. The number of carbonyl (C=O) groups is 1. The van der Waals surface area contributed by atoms with Gasteiger partial charge in [0, 0.05) is 50.0 Å². The van der Waals surface area contributed by atoms with E-state index in [1.54, 1.807) is 24.8 Å². The Morgan fingerprint density at radius 3 is 3.12 bits per heavy atom. The number of aryl methyl sites for hydroxylation is 1.